The van der Waals surface area contributed by atoms with Crippen molar-refractivity contribution in [3.63, 3.8) is 0 Å². The van der Waals surface area contributed by atoms with Gasteiger partial charge >= 0.3 is 12.1 Å². The number of carboxylic acid groups (broad SMARTS) is 1. The van der Waals surface area contributed by atoms with Crippen LogP contribution in [0.5, 0.6) is 5.75 Å². The summed E-state index contributed by atoms with van der Waals surface area (Å²) in [5, 5.41) is 11.3. The Balaban J connectivity index is 1.66. The van der Waals surface area contributed by atoms with Gasteiger partial charge in [0.2, 0.25) is 0 Å². The summed E-state index contributed by atoms with van der Waals surface area (Å²) in [6, 6.07) is 27.9. The van der Waals surface area contributed by atoms with Crippen molar-refractivity contribution in [3.8, 4) is 16.9 Å². The second-order valence-electron chi connectivity index (χ2n) is 11.2. The number of aliphatic carboxylic acids is 1. The summed E-state index contributed by atoms with van der Waals surface area (Å²) >= 11 is 0. The fourth-order valence-electron chi connectivity index (χ4n) is 4.50. The number of ether oxygens (including phenoxy) is 2. The van der Waals surface area contributed by atoms with E-state index in [4.69, 9.17) is 9.47 Å². The van der Waals surface area contributed by atoms with E-state index in [1.807, 2.05) is 55.5 Å². The summed E-state index contributed by atoms with van der Waals surface area (Å²) in [6.45, 7) is 6.91. The van der Waals surface area contributed by atoms with E-state index in [9.17, 15) is 23.1 Å². The maximum absolute atomic E-state index is 13.9. The highest BCUT2D eigenvalue weighted by molar-refractivity contribution is 7.91. The number of aromatic nitrogens is 1. The van der Waals surface area contributed by atoms with Gasteiger partial charge in [-0.25, -0.2) is 18.2 Å². The first-order valence-corrected chi connectivity index (χ1v) is 16.0. The summed E-state index contributed by atoms with van der Waals surface area (Å²) in [4.78, 5) is 30.0. The number of nitrogens with zero attached hydrogens (tertiary/aromatic N) is 2. The molecule has 45 heavy (non-hydrogen) atoms. The molecular weight excluding hydrogens is 594 g/mol. The molecule has 0 bridgehead atoms. The van der Waals surface area contributed by atoms with E-state index in [1.54, 1.807) is 39.0 Å². The first-order chi connectivity index (χ1) is 21.4. The van der Waals surface area contributed by atoms with Crippen LogP contribution >= 0.6 is 0 Å². The van der Waals surface area contributed by atoms with Crippen LogP contribution in [-0.2, 0) is 25.9 Å². The fraction of sp³-hybridized carbons (Fsp3) is 0.265. The third-order valence-electron chi connectivity index (χ3n) is 6.51. The number of nitrogens with one attached hydrogen (secondary N) is 1. The largest absolute Gasteiger partial charge is 0.494 e. The van der Waals surface area contributed by atoms with Gasteiger partial charge in [0.1, 0.15) is 23.7 Å². The average molecular weight is 632 g/mol. The van der Waals surface area contributed by atoms with Crippen LogP contribution in [0, 0.1) is 0 Å². The smallest absolute Gasteiger partial charge is 0.416 e. The standard InChI is InChI=1S/C34H37N3O7S/c1-5-43-27-12-9-11-26(21-27)25-19-17-24(18-20-25)22-35-32(45(41,42)28-13-7-6-8-14-28)29-15-10-16-30(36-29)37(23-31(38)39)33(40)44-34(2,3)4/h6-21,32,35H,5,22-23H2,1-4H3,(H,38,39). The van der Waals surface area contributed by atoms with E-state index in [0.29, 0.717) is 6.61 Å². The van der Waals surface area contributed by atoms with E-state index < -0.39 is 39.4 Å². The van der Waals surface area contributed by atoms with Crippen molar-refractivity contribution in [2.75, 3.05) is 18.1 Å². The normalized spacial score (nSPS) is 12.3. The summed E-state index contributed by atoms with van der Waals surface area (Å²) in [5.41, 5.74) is 1.98. The zero-order valence-corrected chi connectivity index (χ0v) is 26.5. The Hall–Kier alpha value is -4.74. The van der Waals surface area contributed by atoms with Gasteiger partial charge in [-0.3, -0.25) is 15.0 Å². The molecule has 1 heterocycles. The van der Waals surface area contributed by atoms with Crippen molar-refractivity contribution >= 4 is 27.7 Å². The molecule has 0 aliphatic heterocycles. The fourth-order valence-corrected chi connectivity index (χ4v) is 6.07. The van der Waals surface area contributed by atoms with Crippen LogP contribution < -0.4 is 15.0 Å². The molecule has 4 aromatic rings. The number of hydrogen-bond donors (Lipinski definition) is 2. The molecule has 1 unspecified atom stereocenters. The van der Waals surface area contributed by atoms with Crippen LogP contribution in [0.15, 0.2) is 102 Å². The molecule has 0 aliphatic rings. The van der Waals surface area contributed by atoms with Gasteiger partial charge in [0.15, 0.2) is 15.2 Å². The van der Waals surface area contributed by atoms with E-state index in [-0.39, 0.29) is 23.0 Å². The Morgan fingerprint density at radius 1 is 0.911 bits per heavy atom. The number of carboxylic acids is 1. The van der Waals surface area contributed by atoms with Gasteiger partial charge in [0, 0.05) is 6.54 Å². The van der Waals surface area contributed by atoms with E-state index in [1.165, 1.54) is 30.3 Å². The Labute approximate surface area is 263 Å². The molecule has 2 N–H and O–H groups in total. The van der Waals surface area contributed by atoms with Gasteiger partial charge in [-0.2, -0.15) is 0 Å². The summed E-state index contributed by atoms with van der Waals surface area (Å²) < 4.78 is 38.9. The second-order valence-corrected chi connectivity index (χ2v) is 13.2. The van der Waals surface area contributed by atoms with Crippen LogP contribution in [0.3, 0.4) is 0 Å². The van der Waals surface area contributed by atoms with Gasteiger partial charge in [-0.15, -0.1) is 0 Å². The highest BCUT2D eigenvalue weighted by Crippen LogP contribution is 2.29. The minimum atomic E-state index is -4.04. The predicted molar refractivity (Wildman–Crippen MR) is 172 cm³/mol. The Bertz CT molecular complexity index is 1720. The number of rotatable bonds is 12. The molecule has 236 valence electrons. The average Bonchev–Trinajstić information content (AvgIpc) is 3.00. The summed E-state index contributed by atoms with van der Waals surface area (Å²) in [6.07, 6.45) is -0.920. The third-order valence-corrected chi connectivity index (χ3v) is 8.47. The Kier molecular flexibility index (Phi) is 10.6. The number of anilines is 1. The molecule has 10 nitrogen and oxygen atoms in total. The highest BCUT2D eigenvalue weighted by atomic mass is 32.2. The van der Waals surface area contributed by atoms with Crippen molar-refractivity contribution in [2.45, 2.75) is 50.1 Å². The van der Waals surface area contributed by atoms with Crippen LogP contribution in [0.2, 0.25) is 0 Å². The Morgan fingerprint density at radius 3 is 2.24 bits per heavy atom. The van der Waals surface area contributed by atoms with Gasteiger partial charge in [0.05, 0.1) is 17.2 Å². The second kappa shape index (κ2) is 14.4. The minimum Gasteiger partial charge on any atom is -0.494 e. The van der Waals surface area contributed by atoms with Gasteiger partial charge in [0.25, 0.3) is 0 Å². The van der Waals surface area contributed by atoms with Crippen molar-refractivity contribution in [2.24, 2.45) is 0 Å². The number of carbonyl (C=O) groups excluding carboxylic acids is 1. The van der Waals surface area contributed by atoms with Crippen LogP contribution in [0.4, 0.5) is 10.6 Å². The van der Waals surface area contributed by atoms with E-state index >= 15 is 0 Å². The molecule has 11 heteroatoms. The number of pyridine rings is 1. The molecule has 1 atom stereocenters. The van der Waals surface area contributed by atoms with Crippen molar-refractivity contribution < 1.29 is 32.6 Å². The molecule has 0 aliphatic carbocycles. The predicted octanol–water partition coefficient (Wildman–Crippen LogP) is 6.24. The van der Waals surface area contributed by atoms with Crippen LogP contribution in [0.25, 0.3) is 11.1 Å². The van der Waals surface area contributed by atoms with E-state index in [0.717, 1.165) is 27.3 Å². The van der Waals surface area contributed by atoms with Gasteiger partial charge in [-0.05, 0) is 80.8 Å². The molecule has 0 saturated heterocycles. The number of hydrogen-bond acceptors (Lipinski definition) is 8. The van der Waals surface area contributed by atoms with Crippen molar-refractivity contribution in [1.82, 2.24) is 10.3 Å². The Morgan fingerprint density at radius 2 is 1.60 bits per heavy atom. The highest BCUT2D eigenvalue weighted by Gasteiger charge is 2.32. The SMILES string of the molecule is CCOc1cccc(-c2ccc(CNC(c3cccc(N(CC(=O)O)C(=O)OC(C)(C)C)n3)S(=O)(=O)c3ccccc3)cc2)c1. The number of benzene rings is 3. The molecule has 1 aromatic heterocycles. The van der Waals surface area contributed by atoms with Crippen LogP contribution in [-0.4, -0.2) is 49.3 Å². The molecule has 3 aromatic carbocycles. The van der Waals surface area contributed by atoms with Gasteiger partial charge < -0.3 is 14.6 Å². The third kappa shape index (κ3) is 8.90. The lowest BCUT2D eigenvalue weighted by atomic mass is 10.0. The lowest BCUT2D eigenvalue weighted by Gasteiger charge is -2.26. The van der Waals surface area contributed by atoms with E-state index in [2.05, 4.69) is 10.3 Å². The maximum atomic E-state index is 13.9. The maximum Gasteiger partial charge on any atom is 0.416 e. The molecule has 0 radical (unpaired) electrons. The summed E-state index contributed by atoms with van der Waals surface area (Å²) in [7, 11) is -4.04. The quantitative estimate of drug-likeness (QED) is 0.186. The molecule has 0 spiro atoms. The topological polar surface area (TPSA) is 135 Å². The molecule has 0 saturated carbocycles. The lowest BCUT2D eigenvalue weighted by Crippen LogP contribution is -2.40. The number of amides is 1. The van der Waals surface area contributed by atoms with Crippen LogP contribution in [0.1, 0.15) is 44.3 Å². The molecule has 1 amide bonds. The molecule has 0 fully saturated rings. The number of carbonyl (C=O) groups is 2. The van der Waals surface area contributed by atoms with Crippen molar-refractivity contribution in [1.29, 1.82) is 0 Å². The van der Waals surface area contributed by atoms with Crippen molar-refractivity contribution in [3.05, 3.63) is 108 Å². The summed E-state index contributed by atoms with van der Waals surface area (Å²) in [5.74, 6) is -0.566. The first-order valence-electron chi connectivity index (χ1n) is 14.4. The lowest BCUT2D eigenvalue weighted by molar-refractivity contribution is -0.135. The zero-order chi connectivity index (χ0) is 32.6. The van der Waals surface area contributed by atoms with Gasteiger partial charge in [-0.1, -0.05) is 60.7 Å². The monoisotopic (exact) mass is 631 g/mol. The molecular formula is C34H37N3O7S. The zero-order valence-electron chi connectivity index (χ0n) is 25.6. The first kappa shape index (κ1) is 33.2. The minimum absolute atomic E-state index is 0.0575. The number of sulfone groups is 1. The molecule has 4 rings (SSSR count).